The molecular formula is C13H16N2O3. The van der Waals surface area contributed by atoms with Crippen molar-refractivity contribution in [2.75, 3.05) is 11.9 Å². The third kappa shape index (κ3) is 1.51. The fourth-order valence-corrected chi connectivity index (χ4v) is 3.09. The molecule has 2 aliphatic rings. The highest BCUT2D eigenvalue weighted by Gasteiger charge is 2.52. The maximum absolute atomic E-state index is 11.0. The summed E-state index contributed by atoms with van der Waals surface area (Å²) in [5.41, 5.74) is 7.58. The molecule has 96 valence electrons. The number of nitrogens with one attached hydrogen (secondary N) is 1. The lowest BCUT2D eigenvalue weighted by molar-refractivity contribution is -0.139. The number of hydrogen-bond acceptors (Lipinski definition) is 4. The van der Waals surface area contributed by atoms with Crippen LogP contribution in [0.15, 0.2) is 24.3 Å². The van der Waals surface area contributed by atoms with Crippen LogP contribution in [0.3, 0.4) is 0 Å². The maximum Gasteiger partial charge on any atom is 0.320 e. The van der Waals surface area contributed by atoms with Gasteiger partial charge in [-0.1, -0.05) is 18.2 Å². The van der Waals surface area contributed by atoms with Crippen molar-refractivity contribution in [3.63, 3.8) is 0 Å². The number of fused-ring (bicyclic) bond motifs is 3. The molecule has 1 saturated heterocycles. The Morgan fingerprint density at radius 1 is 1.61 bits per heavy atom. The Kier molecular flexibility index (Phi) is 2.53. The molecule has 0 unspecified atom stereocenters. The van der Waals surface area contributed by atoms with Gasteiger partial charge in [-0.25, -0.2) is 0 Å². The van der Waals surface area contributed by atoms with Gasteiger partial charge < -0.3 is 20.9 Å². The molecular weight excluding hydrogens is 232 g/mol. The largest absolute Gasteiger partial charge is 0.480 e. The maximum atomic E-state index is 11.0. The van der Waals surface area contributed by atoms with Gasteiger partial charge in [0.05, 0.1) is 6.61 Å². The Morgan fingerprint density at radius 3 is 3.17 bits per heavy atom. The number of nitrogens with two attached hydrogens (primary N) is 1. The van der Waals surface area contributed by atoms with Crippen molar-refractivity contribution in [1.82, 2.24) is 0 Å². The van der Waals surface area contributed by atoms with Gasteiger partial charge in [0, 0.05) is 11.1 Å². The second-order valence-electron chi connectivity index (χ2n) is 5.00. The van der Waals surface area contributed by atoms with Crippen molar-refractivity contribution in [1.29, 1.82) is 0 Å². The van der Waals surface area contributed by atoms with E-state index < -0.39 is 12.0 Å². The fraction of sp³-hybridized carbons (Fsp3) is 0.462. The van der Waals surface area contributed by atoms with Crippen LogP contribution in [0.2, 0.25) is 0 Å². The highest BCUT2D eigenvalue weighted by Crippen LogP contribution is 2.49. The third-order valence-corrected chi connectivity index (χ3v) is 3.99. The first kappa shape index (κ1) is 11.5. The van der Waals surface area contributed by atoms with Crippen LogP contribution in [0.25, 0.3) is 0 Å². The van der Waals surface area contributed by atoms with Gasteiger partial charge in [0.1, 0.15) is 12.3 Å². The molecule has 0 spiro atoms. The van der Waals surface area contributed by atoms with Crippen molar-refractivity contribution in [2.45, 2.75) is 30.5 Å². The number of carboxylic acid groups (broad SMARTS) is 1. The number of rotatable bonds is 3. The minimum atomic E-state index is -0.959. The average molecular weight is 248 g/mol. The van der Waals surface area contributed by atoms with Gasteiger partial charge in [0.25, 0.3) is 0 Å². The fourth-order valence-electron chi connectivity index (χ4n) is 3.09. The average Bonchev–Trinajstić information content (AvgIpc) is 2.84. The predicted molar refractivity (Wildman–Crippen MR) is 66.3 cm³/mol. The van der Waals surface area contributed by atoms with Gasteiger partial charge in [-0.15, -0.1) is 0 Å². The molecule has 18 heavy (non-hydrogen) atoms. The first-order chi connectivity index (χ1) is 8.63. The monoisotopic (exact) mass is 248 g/mol. The van der Waals surface area contributed by atoms with Crippen molar-refractivity contribution in [3.8, 4) is 0 Å². The summed E-state index contributed by atoms with van der Waals surface area (Å²) < 4.78 is 5.68. The van der Waals surface area contributed by atoms with Crippen molar-refractivity contribution in [2.24, 2.45) is 5.73 Å². The zero-order valence-corrected chi connectivity index (χ0v) is 9.93. The standard InChI is InChI=1S/C13H16N2O3/c14-9(11(16)17)7-13-5-6-18-12(13)15-10-4-2-1-3-8(10)13/h1-4,9,12,15H,5-7,14H2,(H,16,17)/t9-,12-,13+/m0/s1. The van der Waals surface area contributed by atoms with Crippen molar-refractivity contribution < 1.29 is 14.6 Å². The minimum absolute atomic E-state index is 0.153. The molecule has 0 saturated carbocycles. The number of anilines is 1. The van der Waals surface area contributed by atoms with E-state index in [-0.39, 0.29) is 11.6 Å². The Bertz CT molecular complexity index is 491. The quantitative estimate of drug-likeness (QED) is 0.740. The van der Waals surface area contributed by atoms with Crippen LogP contribution in [0.4, 0.5) is 5.69 Å². The molecule has 4 N–H and O–H groups in total. The molecule has 0 aliphatic carbocycles. The molecule has 0 aromatic heterocycles. The predicted octanol–water partition coefficient (Wildman–Crippen LogP) is 0.898. The van der Waals surface area contributed by atoms with E-state index in [9.17, 15) is 4.79 Å². The van der Waals surface area contributed by atoms with Gasteiger partial charge in [-0.2, -0.15) is 0 Å². The Hall–Kier alpha value is -1.59. The lowest BCUT2D eigenvalue weighted by Crippen LogP contribution is -2.43. The smallest absolute Gasteiger partial charge is 0.320 e. The van der Waals surface area contributed by atoms with Gasteiger partial charge >= 0.3 is 5.97 Å². The molecule has 0 radical (unpaired) electrons. The Morgan fingerprint density at radius 2 is 2.39 bits per heavy atom. The molecule has 1 fully saturated rings. The van der Waals surface area contributed by atoms with Gasteiger partial charge in [-0.05, 0) is 24.5 Å². The molecule has 5 heteroatoms. The lowest BCUT2D eigenvalue weighted by atomic mass is 9.74. The molecule has 0 bridgehead atoms. The molecule has 1 aromatic rings. The lowest BCUT2D eigenvalue weighted by Gasteiger charge is -2.29. The number of carboxylic acids is 1. The van der Waals surface area contributed by atoms with Crippen LogP contribution >= 0.6 is 0 Å². The summed E-state index contributed by atoms with van der Waals surface area (Å²) in [4.78, 5) is 11.0. The number of para-hydroxylation sites is 1. The second kappa shape index (κ2) is 3.96. The zero-order chi connectivity index (χ0) is 12.8. The van der Waals surface area contributed by atoms with Crippen LogP contribution < -0.4 is 11.1 Å². The van der Waals surface area contributed by atoms with Crippen LogP contribution in [-0.2, 0) is 14.9 Å². The number of aliphatic carboxylic acids is 1. The number of benzene rings is 1. The molecule has 3 atom stereocenters. The summed E-state index contributed by atoms with van der Waals surface area (Å²) in [5, 5.41) is 12.3. The van der Waals surface area contributed by atoms with Gasteiger partial charge in [0.2, 0.25) is 0 Å². The molecule has 5 nitrogen and oxygen atoms in total. The molecule has 0 amide bonds. The van der Waals surface area contributed by atoms with Crippen LogP contribution in [0.5, 0.6) is 0 Å². The summed E-state index contributed by atoms with van der Waals surface area (Å²) in [7, 11) is 0. The number of ether oxygens (including phenoxy) is 1. The first-order valence-corrected chi connectivity index (χ1v) is 6.09. The second-order valence-corrected chi connectivity index (χ2v) is 5.00. The Labute approximate surface area is 105 Å². The van der Waals surface area contributed by atoms with Crippen LogP contribution in [0, 0.1) is 0 Å². The zero-order valence-electron chi connectivity index (χ0n) is 9.93. The summed E-state index contributed by atoms with van der Waals surface area (Å²) in [6, 6.07) is 7.09. The molecule has 1 aromatic carbocycles. The summed E-state index contributed by atoms with van der Waals surface area (Å²) in [5.74, 6) is -0.959. The van der Waals surface area contributed by atoms with E-state index in [2.05, 4.69) is 5.32 Å². The molecule has 2 aliphatic heterocycles. The first-order valence-electron chi connectivity index (χ1n) is 6.09. The van der Waals surface area contributed by atoms with E-state index in [1.54, 1.807) is 0 Å². The number of carbonyl (C=O) groups is 1. The van der Waals surface area contributed by atoms with Gasteiger partial charge in [-0.3, -0.25) is 4.79 Å². The van der Waals surface area contributed by atoms with Crippen molar-refractivity contribution >= 4 is 11.7 Å². The number of hydrogen-bond donors (Lipinski definition) is 3. The SMILES string of the molecule is N[C@@H](C[C@@]12CCO[C@@H]1Nc1ccccc12)C(=O)O. The van der Waals surface area contributed by atoms with E-state index in [1.807, 2.05) is 24.3 Å². The van der Waals surface area contributed by atoms with E-state index in [4.69, 9.17) is 15.6 Å². The van der Waals surface area contributed by atoms with Gasteiger partial charge in [0.15, 0.2) is 0 Å². The third-order valence-electron chi connectivity index (χ3n) is 3.99. The summed E-state index contributed by atoms with van der Waals surface area (Å²) in [6.07, 6.45) is 1.06. The minimum Gasteiger partial charge on any atom is -0.480 e. The van der Waals surface area contributed by atoms with Crippen LogP contribution in [0.1, 0.15) is 18.4 Å². The van der Waals surface area contributed by atoms with Crippen LogP contribution in [-0.4, -0.2) is 30.0 Å². The topological polar surface area (TPSA) is 84.6 Å². The summed E-state index contributed by atoms with van der Waals surface area (Å²) >= 11 is 0. The normalized spacial score (nSPS) is 30.4. The highest BCUT2D eigenvalue weighted by molar-refractivity contribution is 5.74. The van der Waals surface area contributed by atoms with E-state index in [1.165, 1.54) is 0 Å². The van der Waals surface area contributed by atoms with Crippen molar-refractivity contribution in [3.05, 3.63) is 29.8 Å². The van der Waals surface area contributed by atoms with E-state index >= 15 is 0 Å². The molecule has 3 rings (SSSR count). The summed E-state index contributed by atoms with van der Waals surface area (Å²) in [6.45, 7) is 0.637. The van der Waals surface area contributed by atoms with E-state index in [0.717, 1.165) is 17.7 Å². The molecule has 2 heterocycles. The highest BCUT2D eigenvalue weighted by atomic mass is 16.5. The Balaban J connectivity index is 1.99. The van der Waals surface area contributed by atoms with E-state index in [0.29, 0.717) is 13.0 Å².